The van der Waals surface area contributed by atoms with Gasteiger partial charge in [-0.15, -0.1) is 0 Å². The van der Waals surface area contributed by atoms with E-state index < -0.39 is 0 Å². The molecule has 2 aromatic rings. The van der Waals surface area contributed by atoms with Gasteiger partial charge in [-0.2, -0.15) is 0 Å². The standard InChI is InChI=1S/C12H11BrN2O2/c13-11-6-10(15(16)17)5-9-3-4-14(12(9)11)7-8-1-2-8/h3-6,8H,1-2,7H2. The average Bonchev–Trinajstić information content (AvgIpc) is 2.98. The number of nitrogens with zero attached hydrogens (tertiary/aromatic N) is 2. The molecule has 4 nitrogen and oxygen atoms in total. The molecule has 0 radical (unpaired) electrons. The van der Waals surface area contributed by atoms with E-state index in [1.807, 2.05) is 12.3 Å². The van der Waals surface area contributed by atoms with Crippen molar-refractivity contribution in [3.05, 3.63) is 39.0 Å². The number of rotatable bonds is 3. The van der Waals surface area contributed by atoms with Gasteiger partial charge in [-0.3, -0.25) is 10.1 Å². The summed E-state index contributed by atoms with van der Waals surface area (Å²) in [6, 6.07) is 5.14. The van der Waals surface area contributed by atoms with E-state index in [1.165, 1.54) is 12.8 Å². The van der Waals surface area contributed by atoms with Crippen LogP contribution in [0.1, 0.15) is 12.8 Å². The van der Waals surface area contributed by atoms with Crippen LogP contribution >= 0.6 is 15.9 Å². The van der Waals surface area contributed by atoms with Gasteiger partial charge in [0.05, 0.1) is 10.4 Å². The quantitative estimate of drug-likeness (QED) is 0.640. The largest absolute Gasteiger partial charge is 0.346 e. The Hall–Kier alpha value is -1.36. The van der Waals surface area contributed by atoms with Crippen molar-refractivity contribution >= 4 is 32.5 Å². The zero-order valence-electron chi connectivity index (χ0n) is 9.10. The predicted molar refractivity (Wildman–Crippen MR) is 69.0 cm³/mol. The molecule has 1 saturated carbocycles. The number of hydrogen-bond acceptors (Lipinski definition) is 2. The number of hydrogen-bond donors (Lipinski definition) is 0. The third-order valence-corrected chi connectivity index (χ3v) is 3.77. The molecular formula is C12H11BrN2O2. The Bertz CT molecular complexity index is 602. The molecule has 88 valence electrons. The molecule has 0 unspecified atom stereocenters. The van der Waals surface area contributed by atoms with Crippen molar-refractivity contribution in [1.82, 2.24) is 4.57 Å². The molecular weight excluding hydrogens is 284 g/mol. The van der Waals surface area contributed by atoms with Crippen molar-refractivity contribution in [3.63, 3.8) is 0 Å². The minimum atomic E-state index is -0.359. The predicted octanol–water partition coefficient (Wildman–Crippen LogP) is 3.72. The topological polar surface area (TPSA) is 48.1 Å². The fourth-order valence-corrected chi connectivity index (χ4v) is 2.81. The summed E-state index contributed by atoms with van der Waals surface area (Å²) in [6.45, 7) is 1.01. The molecule has 0 spiro atoms. The molecule has 0 amide bonds. The van der Waals surface area contributed by atoms with E-state index in [2.05, 4.69) is 20.5 Å². The van der Waals surface area contributed by atoms with Crippen LogP contribution in [0.15, 0.2) is 28.9 Å². The Morgan fingerprint density at radius 2 is 2.24 bits per heavy atom. The van der Waals surface area contributed by atoms with Gasteiger partial charge in [-0.25, -0.2) is 0 Å². The maximum absolute atomic E-state index is 10.8. The zero-order chi connectivity index (χ0) is 12.0. The first-order valence-corrected chi connectivity index (χ1v) is 6.37. The van der Waals surface area contributed by atoms with E-state index in [1.54, 1.807) is 12.1 Å². The first kappa shape index (κ1) is 10.8. The van der Waals surface area contributed by atoms with Gasteiger partial charge in [0.2, 0.25) is 0 Å². The molecule has 1 aromatic carbocycles. The maximum atomic E-state index is 10.8. The summed E-state index contributed by atoms with van der Waals surface area (Å²) in [7, 11) is 0. The third kappa shape index (κ3) is 1.95. The molecule has 0 atom stereocenters. The average molecular weight is 295 g/mol. The van der Waals surface area contributed by atoms with Gasteiger partial charge in [-0.1, -0.05) is 0 Å². The molecule has 1 heterocycles. The summed E-state index contributed by atoms with van der Waals surface area (Å²) in [5.74, 6) is 0.785. The first-order valence-electron chi connectivity index (χ1n) is 5.58. The number of nitro groups is 1. The van der Waals surface area contributed by atoms with Crippen LogP contribution in [0.2, 0.25) is 0 Å². The number of halogens is 1. The van der Waals surface area contributed by atoms with Gasteiger partial charge < -0.3 is 4.57 Å². The molecule has 0 saturated heterocycles. The van der Waals surface area contributed by atoms with E-state index in [0.717, 1.165) is 27.8 Å². The first-order chi connectivity index (χ1) is 8.15. The minimum absolute atomic E-state index is 0.133. The van der Waals surface area contributed by atoms with Crippen LogP contribution in [0.4, 0.5) is 5.69 Å². The highest BCUT2D eigenvalue weighted by molar-refractivity contribution is 9.10. The minimum Gasteiger partial charge on any atom is -0.346 e. The lowest BCUT2D eigenvalue weighted by atomic mass is 10.2. The molecule has 1 aliphatic carbocycles. The van der Waals surface area contributed by atoms with Gasteiger partial charge >= 0.3 is 0 Å². The van der Waals surface area contributed by atoms with Crippen molar-refractivity contribution < 1.29 is 4.92 Å². The second-order valence-corrected chi connectivity index (χ2v) is 5.39. The number of nitro benzene ring substituents is 1. The number of fused-ring (bicyclic) bond motifs is 1. The summed E-state index contributed by atoms with van der Waals surface area (Å²) < 4.78 is 2.98. The van der Waals surface area contributed by atoms with Gasteiger partial charge in [0.1, 0.15) is 0 Å². The van der Waals surface area contributed by atoms with Gasteiger partial charge in [0.25, 0.3) is 5.69 Å². The van der Waals surface area contributed by atoms with Crippen molar-refractivity contribution in [2.45, 2.75) is 19.4 Å². The Morgan fingerprint density at radius 1 is 1.47 bits per heavy atom. The van der Waals surface area contributed by atoms with E-state index >= 15 is 0 Å². The summed E-state index contributed by atoms with van der Waals surface area (Å²) in [6.07, 6.45) is 4.60. The molecule has 1 aromatic heterocycles. The van der Waals surface area contributed by atoms with Crippen molar-refractivity contribution in [1.29, 1.82) is 0 Å². The highest BCUT2D eigenvalue weighted by atomic mass is 79.9. The molecule has 0 N–H and O–H groups in total. The molecule has 0 bridgehead atoms. The molecule has 1 fully saturated rings. The van der Waals surface area contributed by atoms with Crippen LogP contribution < -0.4 is 0 Å². The summed E-state index contributed by atoms with van der Waals surface area (Å²) in [5, 5.41) is 11.7. The van der Waals surface area contributed by atoms with Gasteiger partial charge in [0.15, 0.2) is 0 Å². The molecule has 3 rings (SSSR count). The monoisotopic (exact) mass is 294 g/mol. The van der Waals surface area contributed by atoms with Crippen LogP contribution in [0.3, 0.4) is 0 Å². The third-order valence-electron chi connectivity index (χ3n) is 3.16. The summed E-state index contributed by atoms with van der Waals surface area (Å²) >= 11 is 3.43. The van der Waals surface area contributed by atoms with E-state index in [9.17, 15) is 10.1 Å². The van der Waals surface area contributed by atoms with E-state index in [4.69, 9.17) is 0 Å². The van der Waals surface area contributed by atoms with Crippen LogP contribution in [-0.2, 0) is 6.54 Å². The maximum Gasteiger partial charge on any atom is 0.271 e. The van der Waals surface area contributed by atoms with Crippen LogP contribution in [-0.4, -0.2) is 9.49 Å². The number of non-ortho nitro benzene ring substituents is 1. The molecule has 0 aliphatic heterocycles. The Kier molecular flexibility index (Phi) is 2.43. The zero-order valence-corrected chi connectivity index (χ0v) is 10.7. The highest BCUT2D eigenvalue weighted by Gasteiger charge is 2.23. The lowest BCUT2D eigenvalue weighted by molar-refractivity contribution is -0.384. The number of aromatic nitrogens is 1. The normalized spacial score (nSPS) is 15.4. The molecule has 17 heavy (non-hydrogen) atoms. The molecule has 1 aliphatic rings. The Labute approximate surface area is 107 Å². The van der Waals surface area contributed by atoms with Gasteiger partial charge in [0, 0.05) is 34.7 Å². The van der Waals surface area contributed by atoms with Crippen molar-refractivity contribution in [2.75, 3.05) is 0 Å². The van der Waals surface area contributed by atoms with E-state index in [-0.39, 0.29) is 10.6 Å². The SMILES string of the molecule is O=[N+]([O-])c1cc(Br)c2c(ccn2CC2CC2)c1. The second kappa shape index (κ2) is 3.84. The number of benzene rings is 1. The molecule has 5 heteroatoms. The Balaban J connectivity index is 2.11. The van der Waals surface area contributed by atoms with E-state index in [0.29, 0.717) is 0 Å². The van der Waals surface area contributed by atoms with Gasteiger partial charge in [-0.05, 0) is 40.8 Å². The smallest absolute Gasteiger partial charge is 0.271 e. The highest BCUT2D eigenvalue weighted by Crippen LogP contribution is 2.35. The lowest BCUT2D eigenvalue weighted by Crippen LogP contribution is -1.98. The fraction of sp³-hybridized carbons (Fsp3) is 0.333. The summed E-state index contributed by atoms with van der Waals surface area (Å²) in [4.78, 5) is 10.4. The Morgan fingerprint density at radius 3 is 2.88 bits per heavy atom. The van der Waals surface area contributed by atoms with Crippen LogP contribution in [0.5, 0.6) is 0 Å². The fourth-order valence-electron chi connectivity index (χ4n) is 2.12. The summed E-state index contributed by atoms with van der Waals surface area (Å²) in [5.41, 5.74) is 1.19. The van der Waals surface area contributed by atoms with Crippen molar-refractivity contribution in [2.24, 2.45) is 5.92 Å². The lowest BCUT2D eigenvalue weighted by Gasteiger charge is -2.05. The second-order valence-electron chi connectivity index (χ2n) is 4.53. The van der Waals surface area contributed by atoms with Crippen LogP contribution in [0.25, 0.3) is 10.9 Å². The van der Waals surface area contributed by atoms with Crippen LogP contribution in [0, 0.1) is 16.0 Å². The van der Waals surface area contributed by atoms with Crippen molar-refractivity contribution in [3.8, 4) is 0 Å².